The van der Waals surface area contributed by atoms with Gasteiger partial charge < -0.3 is 10.1 Å². The van der Waals surface area contributed by atoms with Crippen molar-refractivity contribution in [2.45, 2.75) is 6.92 Å². The summed E-state index contributed by atoms with van der Waals surface area (Å²) in [5.74, 6) is -0.812. The fraction of sp³-hybridized carbons (Fsp3) is 0.0909. The van der Waals surface area contributed by atoms with Gasteiger partial charge in [0.15, 0.2) is 0 Å². The van der Waals surface area contributed by atoms with Crippen molar-refractivity contribution in [2.75, 3.05) is 11.9 Å². The van der Waals surface area contributed by atoms with Crippen LogP contribution in [0.2, 0.25) is 5.02 Å². The van der Waals surface area contributed by atoms with Gasteiger partial charge in [-0.05, 0) is 18.6 Å². The highest BCUT2D eigenvalue weighted by Gasteiger charge is 2.24. The van der Waals surface area contributed by atoms with Crippen LogP contribution >= 0.6 is 34.3 Å². The molecule has 0 saturated carbocycles. The van der Waals surface area contributed by atoms with Crippen LogP contribution in [-0.2, 0) is 4.74 Å². The Morgan fingerprint density at radius 1 is 1.07 bits per heavy atom. The van der Waals surface area contributed by atoms with Gasteiger partial charge in [0, 0.05) is 21.0 Å². The fourth-order valence-electron chi connectivity index (χ4n) is 3.01. The van der Waals surface area contributed by atoms with Crippen LogP contribution in [0, 0.1) is 0 Å². The topological polar surface area (TPSA) is 55.4 Å². The minimum atomic E-state index is -0.467. The van der Waals surface area contributed by atoms with Crippen LogP contribution in [0.1, 0.15) is 27.0 Å². The zero-order valence-electron chi connectivity index (χ0n) is 15.4. The molecule has 0 saturated heterocycles. The smallest absolute Gasteiger partial charge is 0.341 e. The van der Waals surface area contributed by atoms with Crippen LogP contribution in [-0.4, -0.2) is 18.5 Å². The van der Waals surface area contributed by atoms with Gasteiger partial charge in [-0.1, -0.05) is 60.1 Å². The minimum absolute atomic E-state index is 0.248. The van der Waals surface area contributed by atoms with Gasteiger partial charge in [-0.2, -0.15) is 0 Å². The average Bonchev–Trinajstić information content (AvgIpc) is 3.30. The summed E-state index contributed by atoms with van der Waals surface area (Å²) in [7, 11) is 0. The number of carbonyl (C=O) groups is 2. The van der Waals surface area contributed by atoms with Gasteiger partial charge in [0.05, 0.1) is 11.6 Å². The van der Waals surface area contributed by atoms with E-state index in [2.05, 4.69) is 5.32 Å². The second-order valence-electron chi connectivity index (χ2n) is 6.14. The summed E-state index contributed by atoms with van der Waals surface area (Å²) >= 11 is 9.05. The summed E-state index contributed by atoms with van der Waals surface area (Å²) in [5.41, 5.74) is 1.97. The lowest BCUT2D eigenvalue weighted by Gasteiger charge is -2.08. The molecule has 0 unspecified atom stereocenters. The van der Waals surface area contributed by atoms with E-state index < -0.39 is 5.97 Å². The predicted octanol–water partition coefficient (Wildman–Crippen LogP) is 6.71. The van der Waals surface area contributed by atoms with E-state index in [0.717, 1.165) is 21.2 Å². The molecule has 0 fully saturated rings. The van der Waals surface area contributed by atoms with E-state index >= 15 is 0 Å². The van der Waals surface area contributed by atoms with Crippen LogP contribution in [0.5, 0.6) is 0 Å². The number of nitrogens with one attached hydrogen (secondary N) is 1. The number of carbonyl (C=O) groups excluding carboxylic acids is 2. The van der Waals surface area contributed by atoms with Crippen LogP contribution < -0.4 is 5.32 Å². The summed E-state index contributed by atoms with van der Waals surface area (Å²) in [6, 6.07) is 17.1. The SMILES string of the molecule is CCOC(=O)c1c(-c2ccccc2)csc1NC(=O)c1sc2ccccc2c1Cl. The molecule has 1 N–H and O–H groups in total. The predicted molar refractivity (Wildman–Crippen MR) is 120 cm³/mol. The Morgan fingerprint density at radius 3 is 2.52 bits per heavy atom. The van der Waals surface area contributed by atoms with Crippen molar-refractivity contribution in [1.82, 2.24) is 0 Å². The van der Waals surface area contributed by atoms with E-state index in [9.17, 15) is 9.59 Å². The minimum Gasteiger partial charge on any atom is -0.462 e. The summed E-state index contributed by atoms with van der Waals surface area (Å²) in [5, 5.41) is 6.42. The molecule has 0 aliphatic rings. The number of thiophene rings is 2. The first-order chi connectivity index (χ1) is 14.1. The van der Waals surface area contributed by atoms with E-state index in [1.165, 1.54) is 22.7 Å². The van der Waals surface area contributed by atoms with Crippen molar-refractivity contribution < 1.29 is 14.3 Å². The Hall–Kier alpha value is -2.67. The summed E-state index contributed by atoms with van der Waals surface area (Å²) in [6.45, 7) is 2.00. The molecule has 4 nitrogen and oxygen atoms in total. The third-order valence-electron chi connectivity index (χ3n) is 4.32. The van der Waals surface area contributed by atoms with Crippen molar-refractivity contribution in [3.8, 4) is 11.1 Å². The number of anilines is 1. The lowest BCUT2D eigenvalue weighted by atomic mass is 10.0. The highest BCUT2D eigenvalue weighted by atomic mass is 35.5. The second-order valence-corrected chi connectivity index (χ2v) is 8.45. The average molecular weight is 442 g/mol. The van der Waals surface area contributed by atoms with Crippen molar-refractivity contribution in [2.24, 2.45) is 0 Å². The number of ether oxygens (including phenoxy) is 1. The molecule has 0 aliphatic heterocycles. The zero-order chi connectivity index (χ0) is 20.4. The normalized spacial score (nSPS) is 10.8. The number of rotatable bonds is 5. The molecular formula is C22H16ClNO3S2. The van der Waals surface area contributed by atoms with E-state index in [-0.39, 0.29) is 12.5 Å². The van der Waals surface area contributed by atoms with Crippen molar-refractivity contribution in [1.29, 1.82) is 0 Å². The van der Waals surface area contributed by atoms with Crippen molar-refractivity contribution >= 4 is 61.2 Å². The second kappa shape index (κ2) is 8.37. The number of fused-ring (bicyclic) bond motifs is 1. The summed E-state index contributed by atoms with van der Waals surface area (Å²) in [6.07, 6.45) is 0. The van der Waals surface area contributed by atoms with Gasteiger partial charge in [-0.3, -0.25) is 4.79 Å². The number of amides is 1. The highest BCUT2D eigenvalue weighted by molar-refractivity contribution is 7.22. The third kappa shape index (κ3) is 3.79. The van der Waals surface area contributed by atoms with E-state index in [1.807, 2.05) is 60.0 Å². The Balaban J connectivity index is 1.72. The molecule has 2 aromatic heterocycles. The molecule has 0 atom stereocenters. The summed E-state index contributed by atoms with van der Waals surface area (Å²) < 4.78 is 6.18. The molecule has 1 amide bonds. The van der Waals surface area contributed by atoms with E-state index in [0.29, 0.717) is 20.5 Å². The molecule has 29 heavy (non-hydrogen) atoms. The first kappa shape index (κ1) is 19.6. The molecule has 4 aromatic rings. The zero-order valence-corrected chi connectivity index (χ0v) is 17.8. The summed E-state index contributed by atoms with van der Waals surface area (Å²) in [4.78, 5) is 26.0. The maximum atomic E-state index is 13.0. The Bertz CT molecular complexity index is 1200. The van der Waals surface area contributed by atoms with Gasteiger partial charge in [0.25, 0.3) is 5.91 Å². The van der Waals surface area contributed by atoms with Gasteiger partial charge in [-0.15, -0.1) is 22.7 Å². The molecular weight excluding hydrogens is 426 g/mol. The number of halogens is 1. The Kier molecular flexibility index (Phi) is 5.67. The van der Waals surface area contributed by atoms with Gasteiger partial charge >= 0.3 is 5.97 Å². The molecule has 2 aromatic carbocycles. The number of esters is 1. The fourth-order valence-corrected chi connectivity index (χ4v) is 5.37. The maximum absolute atomic E-state index is 13.0. The number of hydrogen-bond acceptors (Lipinski definition) is 5. The number of hydrogen-bond donors (Lipinski definition) is 1. The van der Waals surface area contributed by atoms with Gasteiger partial charge in [0.1, 0.15) is 15.4 Å². The molecule has 0 aliphatic carbocycles. The monoisotopic (exact) mass is 441 g/mol. The van der Waals surface area contributed by atoms with Crippen LogP contribution in [0.3, 0.4) is 0 Å². The molecule has 0 bridgehead atoms. The van der Waals surface area contributed by atoms with Crippen molar-refractivity contribution in [3.05, 3.63) is 75.4 Å². The molecule has 4 rings (SSSR count). The van der Waals surface area contributed by atoms with Gasteiger partial charge in [0.2, 0.25) is 0 Å². The molecule has 7 heteroatoms. The first-order valence-corrected chi connectivity index (χ1v) is 11.0. The van der Waals surface area contributed by atoms with Gasteiger partial charge in [-0.25, -0.2) is 4.79 Å². The maximum Gasteiger partial charge on any atom is 0.341 e. The standard InChI is InChI=1S/C22H16ClNO3S2/c1-2-27-22(26)17-15(13-8-4-3-5-9-13)12-28-21(17)24-20(25)19-18(23)14-10-6-7-11-16(14)29-19/h3-12H,2H2,1H3,(H,24,25). The molecule has 2 heterocycles. The quantitative estimate of drug-likeness (QED) is 0.350. The van der Waals surface area contributed by atoms with Crippen LogP contribution in [0.15, 0.2) is 60.0 Å². The van der Waals surface area contributed by atoms with Crippen molar-refractivity contribution in [3.63, 3.8) is 0 Å². The molecule has 0 radical (unpaired) electrons. The largest absolute Gasteiger partial charge is 0.462 e. The molecule has 0 spiro atoms. The third-order valence-corrected chi connectivity index (χ3v) is 6.89. The first-order valence-electron chi connectivity index (χ1n) is 8.92. The molecule has 146 valence electrons. The van der Waals surface area contributed by atoms with Crippen LogP contribution in [0.4, 0.5) is 5.00 Å². The highest BCUT2D eigenvalue weighted by Crippen LogP contribution is 2.39. The van der Waals surface area contributed by atoms with E-state index in [1.54, 1.807) is 6.92 Å². The van der Waals surface area contributed by atoms with Crippen LogP contribution in [0.25, 0.3) is 21.2 Å². The lowest BCUT2D eigenvalue weighted by molar-refractivity contribution is 0.0529. The Labute approximate surface area is 180 Å². The lowest BCUT2D eigenvalue weighted by Crippen LogP contribution is -2.14. The van der Waals surface area contributed by atoms with E-state index in [4.69, 9.17) is 16.3 Å². The number of benzene rings is 2. The Morgan fingerprint density at radius 2 is 1.79 bits per heavy atom.